The van der Waals surface area contributed by atoms with Crippen LogP contribution in [0.3, 0.4) is 0 Å². The Labute approximate surface area is 118 Å². The normalized spacial score (nSPS) is 10.3. The Morgan fingerprint density at radius 3 is 2.75 bits per heavy atom. The van der Waals surface area contributed by atoms with Gasteiger partial charge >= 0.3 is 0 Å². The summed E-state index contributed by atoms with van der Waals surface area (Å²) in [4.78, 5) is 0. The molecule has 6 nitrogen and oxygen atoms in total. The van der Waals surface area contributed by atoms with Gasteiger partial charge in [0.1, 0.15) is 11.6 Å². The summed E-state index contributed by atoms with van der Waals surface area (Å²) in [5.74, 6) is 0.529. The van der Waals surface area contributed by atoms with Gasteiger partial charge in [-0.3, -0.25) is 4.68 Å². The SMILES string of the molecule is CCc1nn(C)cc1CNc1nnc(C)c(C)c1C#N. The Bertz CT molecular complexity index is 665. The maximum Gasteiger partial charge on any atom is 0.167 e. The first-order chi connectivity index (χ1) is 9.56. The van der Waals surface area contributed by atoms with Crippen molar-refractivity contribution in [3.63, 3.8) is 0 Å². The first kappa shape index (κ1) is 14.0. The van der Waals surface area contributed by atoms with Crippen molar-refractivity contribution in [3.8, 4) is 6.07 Å². The molecule has 2 aromatic rings. The highest BCUT2D eigenvalue weighted by atomic mass is 15.3. The molecule has 0 saturated heterocycles. The molecule has 20 heavy (non-hydrogen) atoms. The summed E-state index contributed by atoms with van der Waals surface area (Å²) in [6, 6.07) is 2.19. The topological polar surface area (TPSA) is 79.4 Å². The Morgan fingerprint density at radius 2 is 2.10 bits per heavy atom. The second-order valence-corrected chi connectivity index (χ2v) is 4.73. The van der Waals surface area contributed by atoms with Crippen LogP contribution in [0.1, 0.15) is 35.0 Å². The third-order valence-electron chi connectivity index (χ3n) is 3.34. The fourth-order valence-electron chi connectivity index (χ4n) is 2.08. The first-order valence-electron chi connectivity index (χ1n) is 6.56. The van der Waals surface area contributed by atoms with Crippen molar-refractivity contribution in [1.82, 2.24) is 20.0 Å². The summed E-state index contributed by atoms with van der Waals surface area (Å²) in [6.45, 7) is 6.39. The zero-order valence-electron chi connectivity index (χ0n) is 12.2. The number of anilines is 1. The average Bonchev–Trinajstić information content (AvgIpc) is 2.80. The van der Waals surface area contributed by atoms with E-state index in [-0.39, 0.29) is 0 Å². The highest BCUT2D eigenvalue weighted by Crippen LogP contribution is 2.18. The molecule has 0 fully saturated rings. The molecule has 0 aliphatic rings. The smallest absolute Gasteiger partial charge is 0.167 e. The van der Waals surface area contributed by atoms with Crippen LogP contribution in [0.5, 0.6) is 0 Å². The van der Waals surface area contributed by atoms with Gasteiger partial charge in [0.05, 0.1) is 11.4 Å². The number of aromatic nitrogens is 4. The van der Waals surface area contributed by atoms with E-state index in [1.54, 1.807) is 4.68 Å². The van der Waals surface area contributed by atoms with E-state index < -0.39 is 0 Å². The Hall–Kier alpha value is -2.42. The highest BCUT2D eigenvalue weighted by Gasteiger charge is 2.12. The van der Waals surface area contributed by atoms with Crippen LogP contribution in [0, 0.1) is 25.2 Å². The third-order valence-corrected chi connectivity index (χ3v) is 3.34. The maximum atomic E-state index is 9.25. The lowest BCUT2D eigenvalue weighted by atomic mass is 10.1. The second-order valence-electron chi connectivity index (χ2n) is 4.73. The third kappa shape index (κ3) is 2.62. The van der Waals surface area contributed by atoms with E-state index in [0.29, 0.717) is 17.9 Å². The van der Waals surface area contributed by atoms with E-state index in [1.165, 1.54) is 0 Å². The van der Waals surface area contributed by atoms with Crippen LogP contribution in [0.15, 0.2) is 6.20 Å². The lowest BCUT2D eigenvalue weighted by Gasteiger charge is -2.09. The van der Waals surface area contributed by atoms with Crippen LogP contribution < -0.4 is 5.32 Å². The highest BCUT2D eigenvalue weighted by molar-refractivity contribution is 5.55. The molecule has 0 aliphatic carbocycles. The number of nitriles is 1. The predicted molar refractivity (Wildman–Crippen MR) is 76.1 cm³/mol. The van der Waals surface area contributed by atoms with E-state index in [0.717, 1.165) is 28.9 Å². The molecular weight excluding hydrogens is 252 g/mol. The van der Waals surface area contributed by atoms with Crippen molar-refractivity contribution in [2.24, 2.45) is 7.05 Å². The molecule has 104 valence electrons. The van der Waals surface area contributed by atoms with E-state index in [2.05, 4.69) is 33.6 Å². The van der Waals surface area contributed by atoms with Crippen LogP contribution in [0.25, 0.3) is 0 Å². The summed E-state index contributed by atoms with van der Waals surface area (Å²) in [7, 11) is 1.90. The number of rotatable bonds is 4. The van der Waals surface area contributed by atoms with Gasteiger partial charge in [0.2, 0.25) is 0 Å². The molecule has 0 amide bonds. The molecule has 0 unspecified atom stereocenters. The molecule has 1 N–H and O–H groups in total. The van der Waals surface area contributed by atoms with Crippen molar-refractivity contribution >= 4 is 5.82 Å². The van der Waals surface area contributed by atoms with Crippen molar-refractivity contribution in [1.29, 1.82) is 5.26 Å². The van der Waals surface area contributed by atoms with Gasteiger partial charge in [0.15, 0.2) is 5.82 Å². The molecule has 0 spiro atoms. The predicted octanol–water partition coefficient (Wildman–Crippen LogP) is 1.87. The van der Waals surface area contributed by atoms with Gasteiger partial charge in [-0.1, -0.05) is 6.92 Å². The van der Waals surface area contributed by atoms with Crippen molar-refractivity contribution in [3.05, 3.63) is 34.3 Å². The number of hydrogen-bond donors (Lipinski definition) is 1. The van der Waals surface area contributed by atoms with Gasteiger partial charge in [-0.05, 0) is 25.8 Å². The molecule has 2 heterocycles. The summed E-state index contributed by atoms with van der Waals surface area (Å²) in [6.07, 6.45) is 2.86. The molecule has 0 bridgehead atoms. The lowest BCUT2D eigenvalue weighted by Crippen LogP contribution is -2.08. The van der Waals surface area contributed by atoms with Crippen LogP contribution in [-0.4, -0.2) is 20.0 Å². The number of hydrogen-bond acceptors (Lipinski definition) is 5. The average molecular weight is 270 g/mol. The summed E-state index contributed by atoms with van der Waals surface area (Å²) >= 11 is 0. The number of aryl methyl sites for hydroxylation is 3. The van der Waals surface area contributed by atoms with E-state index >= 15 is 0 Å². The van der Waals surface area contributed by atoms with Crippen molar-refractivity contribution in [2.75, 3.05) is 5.32 Å². The lowest BCUT2D eigenvalue weighted by molar-refractivity contribution is 0.746. The molecule has 2 rings (SSSR count). The van der Waals surface area contributed by atoms with Crippen molar-refractivity contribution in [2.45, 2.75) is 33.7 Å². The van der Waals surface area contributed by atoms with Gasteiger partial charge in [0.25, 0.3) is 0 Å². The van der Waals surface area contributed by atoms with E-state index in [9.17, 15) is 5.26 Å². The minimum atomic E-state index is 0.529. The van der Waals surface area contributed by atoms with Crippen LogP contribution in [0.2, 0.25) is 0 Å². The van der Waals surface area contributed by atoms with Crippen molar-refractivity contribution < 1.29 is 0 Å². The summed E-state index contributed by atoms with van der Waals surface area (Å²) < 4.78 is 1.80. The van der Waals surface area contributed by atoms with Gasteiger partial charge < -0.3 is 5.32 Å². The zero-order valence-corrected chi connectivity index (χ0v) is 12.2. The van der Waals surface area contributed by atoms with Crippen LogP contribution >= 0.6 is 0 Å². The first-order valence-corrected chi connectivity index (χ1v) is 6.56. The fourth-order valence-corrected chi connectivity index (χ4v) is 2.08. The van der Waals surface area contributed by atoms with Crippen LogP contribution in [-0.2, 0) is 20.0 Å². The van der Waals surface area contributed by atoms with E-state index in [4.69, 9.17) is 0 Å². The Kier molecular flexibility index (Phi) is 3.99. The van der Waals surface area contributed by atoms with Gasteiger partial charge in [0, 0.05) is 25.4 Å². The van der Waals surface area contributed by atoms with Gasteiger partial charge in [-0.15, -0.1) is 5.10 Å². The molecule has 0 radical (unpaired) electrons. The monoisotopic (exact) mass is 270 g/mol. The number of nitrogens with zero attached hydrogens (tertiary/aromatic N) is 5. The minimum absolute atomic E-state index is 0.529. The van der Waals surface area contributed by atoms with Gasteiger partial charge in [-0.2, -0.15) is 15.5 Å². The van der Waals surface area contributed by atoms with E-state index in [1.807, 2.05) is 27.1 Å². The van der Waals surface area contributed by atoms with Gasteiger partial charge in [-0.25, -0.2) is 0 Å². The fraction of sp³-hybridized carbons (Fsp3) is 0.429. The zero-order chi connectivity index (χ0) is 14.7. The quantitative estimate of drug-likeness (QED) is 0.917. The molecular formula is C14H18N6. The number of nitrogens with one attached hydrogen (secondary N) is 1. The molecule has 0 aromatic carbocycles. The Balaban J connectivity index is 2.23. The largest absolute Gasteiger partial charge is 0.363 e. The van der Waals surface area contributed by atoms with Crippen LogP contribution in [0.4, 0.5) is 5.82 Å². The molecule has 0 saturated carbocycles. The molecule has 0 aliphatic heterocycles. The molecule has 2 aromatic heterocycles. The molecule has 0 atom stereocenters. The summed E-state index contributed by atoms with van der Waals surface area (Å²) in [5.41, 5.74) is 4.36. The second kappa shape index (κ2) is 5.70. The Morgan fingerprint density at radius 1 is 1.35 bits per heavy atom. The maximum absolute atomic E-state index is 9.25. The summed E-state index contributed by atoms with van der Waals surface area (Å²) in [5, 5.41) is 25.0. The molecule has 6 heteroatoms. The minimum Gasteiger partial charge on any atom is -0.363 e. The standard InChI is InChI=1S/C14H18N6/c1-5-13-11(8-20(4)19-13)7-16-14-12(6-15)9(2)10(3)17-18-14/h8H,5,7H2,1-4H3,(H,16,18).